The summed E-state index contributed by atoms with van der Waals surface area (Å²) in [4.78, 5) is 2.38. The van der Waals surface area contributed by atoms with E-state index in [2.05, 4.69) is 254 Å². The monoisotopic (exact) mass is 865 g/mol. The first-order valence-electron chi connectivity index (χ1n) is 23.3. The Kier molecular flexibility index (Phi) is 9.24. The van der Waals surface area contributed by atoms with Crippen LogP contribution in [0.4, 0.5) is 17.1 Å². The standard InChI is InChI=1S/C66H43NO/c1-66(49-22-6-3-7-23-49)59-30-12-8-25-53(59)54-40-37-48(42-60(54)66)51-24-9-13-31-61(51)67(50-38-34-44(35-39-50)47-36-41-57-56-27-11-15-33-63(56)68-64(57)43-47)62-32-14-10-26-55(62)58-29-17-21-46-20-16-28-52(65(46)58)45-18-4-2-5-19-45/h2-34,36-38,40-43H,1H3. The van der Waals surface area contributed by atoms with Crippen LogP contribution in [0.2, 0.25) is 0 Å². The van der Waals surface area contributed by atoms with Crippen molar-refractivity contribution in [2.45, 2.75) is 12.3 Å². The van der Waals surface area contributed by atoms with Crippen LogP contribution in [-0.4, -0.2) is 0 Å². The molecule has 0 radical (unpaired) electrons. The Balaban J connectivity index is 1.01. The summed E-state index contributed by atoms with van der Waals surface area (Å²) in [5, 5.41) is 4.63. The van der Waals surface area contributed by atoms with Gasteiger partial charge in [0.25, 0.3) is 0 Å². The summed E-state index contributed by atoms with van der Waals surface area (Å²) in [6.45, 7) is 2.39. The maximum Gasteiger partial charge on any atom is 0.136 e. The van der Waals surface area contributed by atoms with Crippen molar-refractivity contribution in [2.24, 2.45) is 0 Å². The molecule has 2 heteroatoms. The molecule has 1 heterocycles. The normalized spacial score (nSPS) is 13.9. The molecule has 0 saturated carbocycles. The van der Waals surface area contributed by atoms with Gasteiger partial charge in [-0.2, -0.15) is 0 Å². The van der Waals surface area contributed by atoms with Gasteiger partial charge < -0.3 is 9.32 Å². The minimum absolute atomic E-state index is 0.334. The molecule has 12 aromatic rings. The van der Waals surface area contributed by atoms with E-state index in [4.69, 9.17) is 4.42 Å². The third-order valence-electron chi connectivity index (χ3n) is 14.2. The number of furan rings is 1. The van der Waals surface area contributed by atoms with Crippen LogP contribution in [0.5, 0.6) is 0 Å². The van der Waals surface area contributed by atoms with Crippen molar-refractivity contribution in [3.8, 4) is 55.6 Å². The van der Waals surface area contributed by atoms with Gasteiger partial charge in [0.2, 0.25) is 0 Å². The lowest BCUT2D eigenvalue weighted by molar-refractivity contribution is 0.669. The Labute approximate surface area is 396 Å². The van der Waals surface area contributed by atoms with Crippen LogP contribution in [-0.2, 0) is 5.41 Å². The maximum absolute atomic E-state index is 6.32. The van der Waals surface area contributed by atoms with Crippen LogP contribution in [0.15, 0.2) is 247 Å². The Morgan fingerprint density at radius 2 is 1.00 bits per heavy atom. The van der Waals surface area contributed by atoms with E-state index in [0.29, 0.717) is 0 Å². The molecular formula is C66H43NO. The lowest BCUT2D eigenvalue weighted by Crippen LogP contribution is -2.22. The Hall–Kier alpha value is -8.90. The second kappa shape index (κ2) is 15.9. The van der Waals surface area contributed by atoms with Gasteiger partial charge in [-0.3, -0.25) is 0 Å². The van der Waals surface area contributed by atoms with E-state index in [-0.39, 0.29) is 5.41 Å². The van der Waals surface area contributed by atoms with Gasteiger partial charge in [-0.05, 0) is 128 Å². The van der Waals surface area contributed by atoms with Crippen molar-refractivity contribution in [3.63, 3.8) is 0 Å². The first kappa shape index (κ1) is 39.5. The van der Waals surface area contributed by atoms with Crippen LogP contribution in [0, 0.1) is 12.1 Å². The third-order valence-corrected chi connectivity index (χ3v) is 14.2. The summed E-state index contributed by atoms with van der Waals surface area (Å²) in [6.07, 6.45) is 0. The van der Waals surface area contributed by atoms with E-state index in [1.165, 1.54) is 49.7 Å². The predicted molar refractivity (Wildman–Crippen MR) is 283 cm³/mol. The van der Waals surface area contributed by atoms with Gasteiger partial charge >= 0.3 is 0 Å². The van der Waals surface area contributed by atoms with Gasteiger partial charge in [0.15, 0.2) is 0 Å². The molecule has 1 aliphatic carbocycles. The largest absolute Gasteiger partial charge is 0.456 e. The van der Waals surface area contributed by atoms with Gasteiger partial charge in [0.05, 0.1) is 17.1 Å². The van der Waals surface area contributed by atoms with Gasteiger partial charge in [0, 0.05) is 32.9 Å². The van der Waals surface area contributed by atoms with E-state index in [1.807, 2.05) is 12.1 Å². The highest BCUT2D eigenvalue weighted by molar-refractivity contribution is 6.09. The third kappa shape index (κ3) is 6.28. The Bertz CT molecular complexity index is 3860. The van der Waals surface area contributed by atoms with Crippen molar-refractivity contribution < 1.29 is 4.42 Å². The van der Waals surface area contributed by atoms with Gasteiger partial charge in [-0.1, -0.05) is 200 Å². The van der Waals surface area contributed by atoms with Crippen molar-refractivity contribution in [3.05, 3.63) is 271 Å². The summed E-state index contributed by atoms with van der Waals surface area (Å²) >= 11 is 0. The number of benzene rings is 10. The fraction of sp³-hybridized carbons (Fsp3) is 0.0303. The number of para-hydroxylation sites is 3. The van der Waals surface area contributed by atoms with Crippen LogP contribution < -0.4 is 4.90 Å². The number of hydrogen-bond acceptors (Lipinski definition) is 2. The number of fused-ring (bicyclic) bond motifs is 7. The van der Waals surface area contributed by atoms with Crippen molar-refractivity contribution in [2.75, 3.05) is 4.90 Å². The summed E-state index contributed by atoms with van der Waals surface area (Å²) < 4.78 is 6.32. The summed E-state index contributed by atoms with van der Waals surface area (Å²) in [6, 6.07) is 94.9. The molecule has 0 fully saturated rings. The zero-order valence-corrected chi connectivity index (χ0v) is 37.4. The molecule has 1 atom stereocenters. The molecule has 0 aliphatic heterocycles. The van der Waals surface area contributed by atoms with E-state index in [9.17, 15) is 0 Å². The molecule has 318 valence electrons. The molecule has 2 nitrogen and oxygen atoms in total. The average molecular weight is 866 g/mol. The van der Waals surface area contributed by atoms with E-state index in [1.54, 1.807) is 0 Å². The first-order chi connectivity index (χ1) is 33.6. The van der Waals surface area contributed by atoms with E-state index >= 15 is 0 Å². The number of rotatable bonds is 8. The Morgan fingerprint density at radius 3 is 1.79 bits per heavy atom. The zero-order chi connectivity index (χ0) is 45.2. The van der Waals surface area contributed by atoms with Gasteiger partial charge in [-0.15, -0.1) is 0 Å². The van der Waals surface area contributed by atoms with Crippen molar-refractivity contribution in [1.82, 2.24) is 0 Å². The number of anilines is 3. The van der Waals surface area contributed by atoms with Crippen molar-refractivity contribution >= 4 is 49.8 Å². The summed E-state index contributed by atoms with van der Waals surface area (Å²) in [7, 11) is 0. The molecule has 1 aromatic heterocycles. The summed E-state index contributed by atoms with van der Waals surface area (Å²) in [5.41, 5.74) is 19.8. The number of nitrogens with zero attached hydrogens (tertiary/aromatic N) is 1. The molecule has 68 heavy (non-hydrogen) atoms. The number of hydrogen-bond donors (Lipinski definition) is 0. The molecule has 0 bridgehead atoms. The van der Waals surface area contributed by atoms with E-state index < -0.39 is 0 Å². The van der Waals surface area contributed by atoms with Crippen LogP contribution in [0.25, 0.3) is 88.3 Å². The topological polar surface area (TPSA) is 16.4 Å². The first-order valence-corrected chi connectivity index (χ1v) is 23.3. The van der Waals surface area contributed by atoms with Gasteiger partial charge in [0.1, 0.15) is 11.2 Å². The zero-order valence-electron chi connectivity index (χ0n) is 37.4. The molecule has 0 spiro atoms. The highest BCUT2D eigenvalue weighted by atomic mass is 16.3. The molecule has 11 aromatic carbocycles. The average Bonchev–Trinajstić information content (AvgIpc) is 3.91. The molecule has 0 N–H and O–H groups in total. The minimum atomic E-state index is -0.334. The van der Waals surface area contributed by atoms with E-state index in [0.717, 1.165) is 72.4 Å². The highest BCUT2D eigenvalue weighted by Crippen LogP contribution is 2.54. The maximum atomic E-state index is 6.32. The molecule has 1 unspecified atom stereocenters. The quantitative estimate of drug-likeness (QED) is 0.151. The Morgan fingerprint density at radius 1 is 0.382 bits per heavy atom. The van der Waals surface area contributed by atoms with Crippen LogP contribution >= 0.6 is 0 Å². The van der Waals surface area contributed by atoms with Crippen LogP contribution in [0.3, 0.4) is 0 Å². The van der Waals surface area contributed by atoms with Crippen molar-refractivity contribution in [1.29, 1.82) is 0 Å². The lowest BCUT2D eigenvalue weighted by atomic mass is 9.74. The molecule has 0 amide bonds. The highest BCUT2D eigenvalue weighted by Gasteiger charge is 2.41. The lowest BCUT2D eigenvalue weighted by Gasteiger charge is -2.30. The fourth-order valence-corrected chi connectivity index (χ4v) is 10.9. The fourth-order valence-electron chi connectivity index (χ4n) is 10.9. The molecule has 13 rings (SSSR count). The second-order valence-corrected chi connectivity index (χ2v) is 17.9. The SMILES string of the molecule is CC1(c2ccccc2)c2ccccc2-c2ccc(-c3ccccc3N(c3c#cc(-c4ccc5c(c4)oc4ccccc45)cc3)c3ccccc3-c3cccc4cccc(-c5ccccc5)c34)cc21. The summed E-state index contributed by atoms with van der Waals surface area (Å²) in [5.74, 6) is 0. The second-order valence-electron chi connectivity index (χ2n) is 17.9. The van der Waals surface area contributed by atoms with Crippen LogP contribution in [0.1, 0.15) is 23.6 Å². The smallest absolute Gasteiger partial charge is 0.136 e. The molecule has 0 saturated heterocycles. The van der Waals surface area contributed by atoms with Gasteiger partial charge in [-0.25, -0.2) is 0 Å². The minimum Gasteiger partial charge on any atom is -0.456 e. The molecule has 1 aliphatic rings. The molecular weight excluding hydrogens is 823 g/mol. The predicted octanol–water partition coefficient (Wildman–Crippen LogP) is 17.8.